The number of nitro groups is 1. The van der Waals surface area contributed by atoms with Gasteiger partial charge in [-0.2, -0.15) is 0 Å². The third kappa shape index (κ3) is 6.73. The summed E-state index contributed by atoms with van der Waals surface area (Å²) in [5.41, 5.74) is 1.76. The lowest BCUT2D eigenvalue weighted by Gasteiger charge is -2.10. The Morgan fingerprint density at radius 2 is 1.76 bits per heavy atom. The van der Waals surface area contributed by atoms with E-state index in [1.54, 1.807) is 12.1 Å². The summed E-state index contributed by atoms with van der Waals surface area (Å²) < 4.78 is 4.90. The second-order valence-corrected chi connectivity index (χ2v) is 6.03. The van der Waals surface area contributed by atoms with Crippen molar-refractivity contribution in [2.24, 2.45) is 0 Å². The molecular formula is C20H21N3O6. The predicted octanol–water partition coefficient (Wildman–Crippen LogP) is 2.46. The zero-order valence-electron chi connectivity index (χ0n) is 15.8. The van der Waals surface area contributed by atoms with Gasteiger partial charge in [0.25, 0.3) is 17.5 Å². The molecule has 0 heterocycles. The summed E-state index contributed by atoms with van der Waals surface area (Å²) in [5, 5.41) is 15.8. The maximum atomic E-state index is 11.9. The molecule has 0 radical (unpaired) electrons. The van der Waals surface area contributed by atoms with Crippen LogP contribution < -0.4 is 10.6 Å². The third-order valence-corrected chi connectivity index (χ3v) is 3.99. The molecule has 0 fully saturated rings. The molecule has 2 aromatic rings. The molecule has 0 aliphatic rings. The van der Waals surface area contributed by atoms with Crippen LogP contribution in [0.1, 0.15) is 29.3 Å². The number of nitrogens with one attached hydrogen (secondary N) is 2. The molecule has 9 nitrogen and oxygen atoms in total. The number of nitrogens with zero attached hydrogens (tertiary/aromatic N) is 1. The summed E-state index contributed by atoms with van der Waals surface area (Å²) in [6.07, 6.45) is 0.641. The first-order chi connectivity index (χ1) is 13.9. The monoisotopic (exact) mass is 399 g/mol. The minimum absolute atomic E-state index is 0.00887. The average Bonchev–Trinajstić information content (AvgIpc) is 2.72. The molecule has 152 valence electrons. The zero-order valence-corrected chi connectivity index (χ0v) is 15.8. The van der Waals surface area contributed by atoms with Crippen LogP contribution >= 0.6 is 0 Å². The minimum atomic E-state index is -0.632. The summed E-state index contributed by atoms with van der Waals surface area (Å²) in [5.74, 6) is -1.55. The Labute approximate surface area is 167 Å². The van der Waals surface area contributed by atoms with E-state index in [2.05, 4.69) is 10.6 Å². The van der Waals surface area contributed by atoms with E-state index in [-0.39, 0.29) is 24.2 Å². The molecule has 0 bridgehead atoms. The molecule has 29 heavy (non-hydrogen) atoms. The van der Waals surface area contributed by atoms with Crippen molar-refractivity contribution in [1.29, 1.82) is 0 Å². The first-order valence-corrected chi connectivity index (χ1v) is 8.96. The second-order valence-electron chi connectivity index (χ2n) is 6.03. The van der Waals surface area contributed by atoms with Gasteiger partial charge in [0, 0.05) is 29.9 Å². The number of nitro benzene ring substituents is 1. The van der Waals surface area contributed by atoms with E-state index in [4.69, 9.17) is 4.74 Å². The fourth-order valence-electron chi connectivity index (χ4n) is 2.47. The van der Waals surface area contributed by atoms with Gasteiger partial charge in [-0.25, -0.2) is 0 Å². The number of non-ortho nitro benzene ring substituents is 1. The topological polar surface area (TPSA) is 128 Å². The molecule has 2 amide bonds. The van der Waals surface area contributed by atoms with Crippen molar-refractivity contribution in [1.82, 2.24) is 5.32 Å². The zero-order chi connectivity index (χ0) is 21.2. The summed E-state index contributed by atoms with van der Waals surface area (Å²) in [6, 6.07) is 12.4. The van der Waals surface area contributed by atoms with E-state index in [0.29, 0.717) is 5.69 Å². The normalized spacial score (nSPS) is 10.1. The van der Waals surface area contributed by atoms with E-state index in [1.807, 2.05) is 19.1 Å². The van der Waals surface area contributed by atoms with E-state index < -0.39 is 29.3 Å². The molecule has 0 saturated heterocycles. The Balaban J connectivity index is 1.70. The Hall–Kier alpha value is -3.75. The number of hydrogen-bond acceptors (Lipinski definition) is 6. The molecule has 0 aliphatic heterocycles. The number of carbonyl (C=O) groups is 3. The highest BCUT2D eigenvalue weighted by Crippen LogP contribution is 2.15. The van der Waals surface area contributed by atoms with Crippen molar-refractivity contribution in [2.75, 3.05) is 18.5 Å². The fourth-order valence-corrected chi connectivity index (χ4v) is 2.47. The number of para-hydroxylation sites is 1. The Morgan fingerprint density at radius 1 is 1.07 bits per heavy atom. The lowest BCUT2D eigenvalue weighted by Crippen LogP contribution is -2.27. The number of aryl methyl sites for hydroxylation is 1. The van der Waals surface area contributed by atoms with Gasteiger partial charge in [0.2, 0.25) is 0 Å². The van der Waals surface area contributed by atoms with Gasteiger partial charge in [-0.3, -0.25) is 24.5 Å². The van der Waals surface area contributed by atoms with Crippen molar-refractivity contribution in [2.45, 2.75) is 19.8 Å². The Kier molecular flexibility index (Phi) is 7.84. The molecule has 2 N–H and O–H groups in total. The van der Waals surface area contributed by atoms with Crippen LogP contribution in [0.25, 0.3) is 0 Å². The summed E-state index contributed by atoms with van der Waals surface area (Å²) in [7, 11) is 0. The maximum Gasteiger partial charge on any atom is 0.308 e. The summed E-state index contributed by atoms with van der Waals surface area (Å²) >= 11 is 0. The van der Waals surface area contributed by atoms with Crippen LogP contribution in [-0.4, -0.2) is 35.9 Å². The van der Waals surface area contributed by atoms with Gasteiger partial charge in [-0.15, -0.1) is 0 Å². The molecule has 9 heteroatoms. The van der Waals surface area contributed by atoms with Crippen LogP contribution in [0.15, 0.2) is 48.5 Å². The van der Waals surface area contributed by atoms with Gasteiger partial charge < -0.3 is 15.4 Å². The van der Waals surface area contributed by atoms with Gasteiger partial charge in [-0.05, 0) is 30.2 Å². The number of esters is 1. The lowest BCUT2D eigenvalue weighted by molar-refractivity contribution is -0.384. The molecule has 0 aliphatic carbocycles. The van der Waals surface area contributed by atoms with Gasteiger partial charge >= 0.3 is 5.97 Å². The molecule has 2 aromatic carbocycles. The number of anilines is 1. The van der Waals surface area contributed by atoms with E-state index in [9.17, 15) is 24.5 Å². The van der Waals surface area contributed by atoms with Crippen LogP contribution in [0.2, 0.25) is 0 Å². The minimum Gasteiger partial charge on any atom is -0.456 e. The number of rotatable bonds is 9. The third-order valence-electron chi connectivity index (χ3n) is 3.99. The Bertz CT molecular complexity index is 895. The summed E-state index contributed by atoms with van der Waals surface area (Å²) in [6.45, 7) is 1.55. The number of benzene rings is 2. The van der Waals surface area contributed by atoms with Crippen molar-refractivity contribution in [3.63, 3.8) is 0 Å². The Morgan fingerprint density at radius 3 is 2.41 bits per heavy atom. The van der Waals surface area contributed by atoms with Gasteiger partial charge in [-0.1, -0.05) is 25.1 Å². The molecular weight excluding hydrogens is 378 g/mol. The van der Waals surface area contributed by atoms with Gasteiger partial charge in [0.1, 0.15) is 0 Å². The first-order valence-electron chi connectivity index (χ1n) is 8.96. The number of carbonyl (C=O) groups excluding carboxylic acids is 3. The second kappa shape index (κ2) is 10.5. The molecule has 0 spiro atoms. The largest absolute Gasteiger partial charge is 0.456 e. The van der Waals surface area contributed by atoms with Gasteiger partial charge in [0.05, 0.1) is 11.3 Å². The van der Waals surface area contributed by atoms with Crippen LogP contribution in [0.4, 0.5) is 11.4 Å². The van der Waals surface area contributed by atoms with Crippen molar-refractivity contribution < 1.29 is 24.0 Å². The highest BCUT2D eigenvalue weighted by Gasteiger charge is 2.12. The van der Waals surface area contributed by atoms with Crippen molar-refractivity contribution >= 4 is 29.2 Å². The molecule has 2 rings (SSSR count). The molecule has 0 aromatic heterocycles. The standard InChI is InChI=1S/C20H21N3O6/c1-2-14-5-3-4-6-17(14)22-18(24)13-29-19(25)11-12-21-20(26)15-7-9-16(10-8-15)23(27)28/h3-10H,2,11-13H2,1H3,(H,21,26)(H,22,24). The van der Waals surface area contributed by atoms with Crippen LogP contribution in [0, 0.1) is 10.1 Å². The highest BCUT2D eigenvalue weighted by molar-refractivity contribution is 5.95. The average molecular weight is 399 g/mol. The number of hydrogen-bond donors (Lipinski definition) is 2. The lowest BCUT2D eigenvalue weighted by atomic mass is 10.1. The predicted molar refractivity (Wildman–Crippen MR) is 105 cm³/mol. The fraction of sp³-hybridized carbons (Fsp3) is 0.250. The highest BCUT2D eigenvalue weighted by atomic mass is 16.6. The van der Waals surface area contributed by atoms with Gasteiger partial charge in [0.15, 0.2) is 6.61 Å². The van der Waals surface area contributed by atoms with Crippen molar-refractivity contribution in [3.8, 4) is 0 Å². The SMILES string of the molecule is CCc1ccccc1NC(=O)COC(=O)CCNC(=O)c1ccc([N+](=O)[O-])cc1. The van der Waals surface area contributed by atoms with Crippen LogP contribution in [0.5, 0.6) is 0 Å². The molecule has 0 atom stereocenters. The molecule has 0 unspecified atom stereocenters. The number of ether oxygens (including phenoxy) is 1. The van der Waals surface area contributed by atoms with Crippen LogP contribution in [0.3, 0.4) is 0 Å². The van der Waals surface area contributed by atoms with Crippen molar-refractivity contribution in [3.05, 3.63) is 69.8 Å². The smallest absolute Gasteiger partial charge is 0.308 e. The summed E-state index contributed by atoms with van der Waals surface area (Å²) in [4.78, 5) is 45.6. The van der Waals surface area contributed by atoms with E-state index in [1.165, 1.54) is 24.3 Å². The van der Waals surface area contributed by atoms with E-state index in [0.717, 1.165) is 12.0 Å². The molecule has 0 saturated carbocycles. The van der Waals surface area contributed by atoms with Crippen LogP contribution in [-0.2, 0) is 20.7 Å². The van der Waals surface area contributed by atoms with E-state index >= 15 is 0 Å². The quantitative estimate of drug-likeness (QED) is 0.379. The first kappa shape index (κ1) is 21.5. The maximum absolute atomic E-state index is 11.9. The number of amides is 2.